The fourth-order valence-corrected chi connectivity index (χ4v) is 2.19. The Morgan fingerprint density at radius 3 is 3.11 bits per heavy atom. The number of rotatable bonds is 4. The lowest BCUT2D eigenvalue weighted by Crippen LogP contribution is -2.03. The van der Waals surface area contributed by atoms with Gasteiger partial charge in [0.05, 0.1) is 23.8 Å². The molecule has 0 amide bonds. The number of para-hydroxylation sites is 1. The lowest BCUT2D eigenvalue weighted by Gasteiger charge is -2.00. The SMILES string of the molecule is c1ccc2c(CNc3ncn(C4CC4)n3)[nH]nc2c1. The average molecular weight is 254 g/mol. The minimum Gasteiger partial charge on any atom is -0.347 e. The van der Waals surface area contributed by atoms with Gasteiger partial charge in [0.15, 0.2) is 0 Å². The van der Waals surface area contributed by atoms with Gasteiger partial charge < -0.3 is 5.32 Å². The van der Waals surface area contributed by atoms with Crippen molar-refractivity contribution in [1.29, 1.82) is 0 Å². The number of benzene rings is 1. The molecule has 96 valence electrons. The second-order valence-electron chi connectivity index (χ2n) is 4.85. The molecule has 1 aliphatic rings. The molecule has 0 radical (unpaired) electrons. The van der Waals surface area contributed by atoms with E-state index in [4.69, 9.17) is 0 Å². The summed E-state index contributed by atoms with van der Waals surface area (Å²) in [5.74, 6) is 0.672. The molecule has 1 fully saturated rings. The highest BCUT2D eigenvalue weighted by atomic mass is 15.4. The van der Waals surface area contributed by atoms with Crippen LogP contribution in [-0.4, -0.2) is 25.0 Å². The van der Waals surface area contributed by atoms with E-state index in [-0.39, 0.29) is 0 Å². The van der Waals surface area contributed by atoms with Crippen molar-refractivity contribution in [3.05, 3.63) is 36.3 Å². The third-order valence-corrected chi connectivity index (χ3v) is 3.39. The first-order chi connectivity index (χ1) is 9.40. The zero-order valence-corrected chi connectivity index (χ0v) is 10.4. The Bertz CT molecular complexity index is 709. The summed E-state index contributed by atoms with van der Waals surface area (Å²) >= 11 is 0. The Kier molecular flexibility index (Phi) is 2.26. The van der Waals surface area contributed by atoms with E-state index in [2.05, 4.69) is 31.7 Å². The molecule has 0 atom stereocenters. The molecule has 0 aliphatic heterocycles. The molecule has 0 unspecified atom stereocenters. The van der Waals surface area contributed by atoms with E-state index in [9.17, 15) is 0 Å². The molecule has 0 bridgehead atoms. The van der Waals surface area contributed by atoms with Crippen LogP contribution >= 0.6 is 0 Å². The Balaban J connectivity index is 1.51. The summed E-state index contributed by atoms with van der Waals surface area (Å²) in [6.07, 6.45) is 4.23. The first kappa shape index (κ1) is 10.5. The van der Waals surface area contributed by atoms with Crippen molar-refractivity contribution < 1.29 is 0 Å². The Hall–Kier alpha value is -2.37. The minimum absolute atomic E-state index is 0.566. The summed E-state index contributed by atoms with van der Waals surface area (Å²) in [6.45, 7) is 0.648. The van der Waals surface area contributed by atoms with Crippen LogP contribution in [0, 0.1) is 0 Å². The summed E-state index contributed by atoms with van der Waals surface area (Å²) in [6, 6.07) is 8.62. The molecule has 2 heterocycles. The number of fused-ring (bicyclic) bond motifs is 1. The van der Waals surface area contributed by atoms with E-state index >= 15 is 0 Å². The number of hydrogen-bond donors (Lipinski definition) is 2. The highest BCUT2D eigenvalue weighted by Crippen LogP contribution is 2.33. The van der Waals surface area contributed by atoms with Gasteiger partial charge in [0, 0.05) is 5.39 Å². The Morgan fingerprint density at radius 1 is 1.32 bits per heavy atom. The summed E-state index contributed by atoms with van der Waals surface area (Å²) in [5.41, 5.74) is 2.04. The third kappa shape index (κ3) is 1.95. The monoisotopic (exact) mass is 254 g/mol. The second-order valence-corrected chi connectivity index (χ2v) is 4.85. The molecule has 19 heavy (non-hydrogen) atoms. The van der Waals surface area contributed by atoms with Gasteiger partial charge in [0.1, 0.15) is 6.33 Å². The predicted octanol–water partition coefficient (Wildman–Crippen LogP) is 2.10. The maximum atomic E-state index is 4.41. The van der Waals surface area contributed by atoms with Crippen LogP contribution in [0.2, 0.25) is 0 Å². The summed E-state index contributed by atoms with van der Waals surface area (Å²) in [7, 11) is 0. The number of H-pyrrole nitrogens is 1. The second kappa shape index (κ2) is 4.08. The van der Waals surface area contributed by atoms with Crippen LogP contribution in [-0.2, 0) is 6.54 Å². The van der Waals surface area contributed by atoms with Gasteiger partial charge >= 0.3 is 0 Å². The lowest BCUT2D eigenvalue weighted by molar-refractivity contribution is 0.640. The Morgan fingerprint density at radius 2 is 2.21 bits per heavy atom. The van der Waals surface area contributed by atoms with Gasteiger partial charge in [0.25, 0.3) is 0 Å². The van der Waals surface area contributed by atoms with Crippen molar-refractivity contribution in [3.63, 3.8) is 0 Å². The number of nitrogens with one attached hydrogen (secondary N) is 2. The Labute approximate surface area is 109 Å². The van der Waals surface area contributed by atoms with Crippen molar-refractivity contribution in [2.75, 3.05) is 5.32 Å². The number of nitrogens with zero attached hydrogens (tertiary/aromatic N) is 4. The molecule has 0 spiro atoms. The average Bonchev–Trinajstić information content (AvgIpc) is 3.05. The normalized spacial score (nSPS) is 14.9. The van der Waals surface area contributed by atoms with Crippen LogP contribution in [0.1, 0.15) is 24.6 Å². The lowest BCUT2D eigenvalue weighted by atomic mass is 10.2. The van der Waals surface area contributed by atoms with Crippen molar-refractivity contribution in [2.45, 2.75) is 25.4 Å². The molecule has 2 aromatic heterocycles. The highest BCUT2D eigenvalue weighted by molar-refractivity contribution is 5.81. The van der Waals surface area contributed by atoms with Gasteiger partial charge in [-0.15, -0.1) is 5.10 Å². The molecular formula is C13H14N6. The largest absolute Gasteiger partial charge is 0.347 e. The van der Waals surface area contributed by atoms with Crippen molar-refractivity contribution in [2.24, 2.45) is 0 Å². The van der Waals surface area contributed by atoms with E-state index in [0.29, 0.717) is 18.5 Å². The first-order valence-corrected chi connectivity index (χ1v) is 6.47. The topological polar surface area (TPSA) is 71.4 Å². The maximum Gasteiger partial charge on any atom is 0.242 e. The van der Waals surface area contributed by atoms with E-state index in [1.165, 1.54) is 12.8 Å². The highest BCUT2D eigenvalue weighted by Gasteiger charge is 2.24. The van der Waals surface area contributed by atoms with Crippen LogP contribution in [0.15, 0.2) is 30.6 Å². The molecule has 1 aliphatic carbocycles. The van der Waals surface area contributed by atoms with Crippen LogP contribution < -0.4 is 5.32 Å². The van der Waals surface area contributed by atoms with Crippen molar-refractivity contribution >= 4 is 16.9 Å². The van der Waals surface area contributed by atoms with Gasteiger partial charge in [-0.1, -0.05) is 18.2 Å². The van der Waals surface area contributed by atoms with Crippen LogP contribution in [0.5, 0.6) is 0 Å². The van der Waals surface area contributed by atoms with Crippen LogP contribution in [0.25, 0.3) is 10.9 Å². The molecule has 6 heteroatoms. The number of aromatic amines is 1. The number of aromatic nitrogens is 5. The molecule has 6 nitrogen and oxygen atoms in total. The predicted molar refractivity (Wildman–Crippen MR) is 71.7 cm³/mol. The number of anilines is 1. The fourth-order valence-electron chi connectivity index (χ4n) is 2.19. The van der Waals surface area contributed by atoms with E-state index in [0.717, 1.165) is 16.6 Å². The third-order valence-electron chi connectivity index (χ3n) is 3.39. The van der Waals surface area contributed by atoms with Gasteiger partial charge in [-0.3, -0.25) is 5.10 Å². The molecule has 2 N–H and O–H groups in total. The fraction of sp³-hybridized carbons (Fsp3) is 0.308. The van der Waals surface area contributed by atoms with E-state index in [1.54, 1.807) is 6.33 Å². The van der Waals surface area contributed by atoms with Crippen molar-refractivity contribution in [1.82, 2.24) is 25.0 Å². The van der Waals surface area contributed by atoms with Gasteiger partial charge in [-0.2, -0.15) is 5.10 Å². The molecular weight excluding hydrogens is 240 g/mol. The molecule has 1 saturated carbocycles. The molecule has 3 aromatic rings. The summed E-state index contributed by atoms with van der Waals surface area (Å²) in [5, 5.41) is 16.1. The molecule has 0 saturated heterocycles. The molecule has 4 rings (SSSR count). The van der Waals surface area contributed by atoms with Gasteiger partial charge in [0.2, 0.25) is 5.95 Å². The van der Waals surface area contributed by atoms with E-state index < -0.39 is 0 Å². The van der Waals surface area contributed by atoms with Gasteiger partial charge in [-0.05, 0) is 18.9 Å². The van der Waals surface area contributed by atoms with Crippen molar-refractivity contribution in [3.8, 4) is 0 Å². The standard InChI is InChI=1S/C13H14N6/c1-2-4-11-10(3-1)12(17-16-11)7-14-13-15-8-19(18-13)9-5-6-9/h1-4,8-9H,5-7H2,(H,14,18)(H,16,17). The zero-order chi connectivity index (χ0) is 12.7. The van der Waals surface area contributed by atoms with E-state index in [1.807, 2.05) is 22.9 Å². The minimum atomic E-state index is 0.566. The molecule has 1 aromatic carbocycles. The number of hydrogen-bond acceptors (Lipinski definition) is 4. The van der Waals surface area contributed by atoms with Crippen LogP contribution in [0.4, 0.5) is 5.95 Å². The summed E-state index contributed by atoms with van der Waals surface area (Å²) in [4.78, 5) is 4.26. The van der Waals surface area contributed by atoms with Gasteiger partial charge in [-0.25, -0.2) is 9.67 Å². The first-order valence-electron chi connectivity index (χ1n) is 6.47. The summed E-state index contributed by atoms with van der Waals surface area (Å²) < 4.78 is 1.94. The zero-order valence-electron chi connectivity index (χ0n) is 10.4. The maximum absolute atomic E-state index is 4.41. The van der Waals surface area contributed by atoms with Crippen LogP contribution in [0.3, 0.4) is 0 Å². The quantitative estimate of drug-likeness (QED) is 0.748. The smallest absolute Gasteiger partial charge is 0.242 e.